The quantitative estimate of drug-likeness (QED) is 0.285. The van der Waals surface area contributed by atoms with Crippen LogP contribution in [0.5, 0.6) is 5.75 Å². The van der Waals surface area contributed by atoms with Gasteiger partial charge in [-0.25, -0.2) is 4.99 Å². The topological polar surface area (TPSA) is 93.8 Å². The van der Waals surface area contributed by atoms with Crippen LogP contribution in [0.15, 0.2) is 82.7 Å². The van der Waals surface area contributed by atoms with Gasteiger partial charge in [0.05, 0.1) is 15.5 Å². The molecule has 0 aliphatic carbocycles. The number of non-ortho nitro benzene ring substituents is 1. The second-order valence-corrected chi connectivity index (χ2v) is 8.21. The van der Waals surface area contributed by atoms with Crippen molar-refractivity contribution >= 4 is 51.9 Å². The van der Waals surface area contributed by atoms with Crippen molar-refractivity contribution in [3.63, 3.8) is 0 Å². The van der Waals surface area contributed by atoms with E-state index in [-0.39, 0.29) is 18.2 Å². The van der Waals surface area contributed by atoms with Crippen molar-refractivity contribution in [2.45, 2.75) is 6.61 Å². The minimum atomic E-state index is -0.440. The smallest absolute Gasteiger partial charge is 0.269 e. The predicted octanol–water partition coefficient (Wildman–Crippen LogP) is 5.72. The average Bonchev–Trinajstić information content (AvgIpc) is 3.13. The number of carbonyl (C=O) groups excluding carboxylic acids is 1. The minimum Gasteiger partial charge on any atom is -0.489 e. The second-order valence-electron chi connectivity index (χ2n) is 6.74. The van der Waals surface area contributed by atoms with Crippen LogP contribution in [0.3, 0.4) is 0 Å². The highest BCUT2D eigenvalue weighted by molar-refractivity contribution is 8.18. The summed E-state index contributed by atoms with van der Waals surface area (Å²) in [5.41, 5.74) is 2.35. The molecule has 1 aliphatic heterocycles. The molecule has 7 nitrogen and oxygen atoms in total. The number of ether oxygens (including phenoxy) is 1. The number of nitro benzene ring substituents is 1. The Labute approximate surface area is 192 Å². The summed E-state index contributed by atoms with van der Waals surface area (Å²) in [4.78, 5) is 27.6. The first-order valence-corrected chi connectivity index (χ1v) is 10.7. The van der Waals surface area contributed by atoms with E-state index in [2.05, 4.69) is 10.3 Å². The van der Waals surface area contributed by atoms with Crippen LogP contribution in [-0.4, -0.2) is 16.0 Å². The molecule has 1 heterocycles. The monoisotopic (exact) mass is 465 g/mol. The Morgan fingerprint density at radius 1 is 1.09 bits per heavy atom. The van der Waals surface area contributed by atoms with Gasteiger partial charge >= 0.3 is 0 Å². The lowest BCUT2D eigenvalue weighted by molar-refractivity contribution is -0.384. The molecule has 1 amide bonds. The molecule has 0 unspecified atom stereocenters. The molecule has 1 fully saturated rings. The van der Waals surface area contributed by atoms with Gasteiger partial charge in [0.2, 0.25) is 0 Å². The molecule has 1 aliphatic rings. The first-order valence-electron chi connectivity index (χ1n) is 9.48. The van der Waals surface area contributed by atoms with Crippen LogP contribution in [0.25, 0.3) is 6.08 Å². The number of rotatable bonds is 6. The van der Waals surface area contributed by atoms with Gasteiger partial charge in [-0.15, -0.1) is 0 Å². The van der Waals surface area contributed by atoms with Gasteiger partial charge in [0.25, 0.3) is 11.6 Å². The normalized spacial score (nSPS) is 15.7. The maximum Gasteiger partial charge on any atom is 0.269 e. The molecule has 0 radical (unpaired) electrons. The van der Waals surface area contributed by atoms with Crippen molar-refractivity contribution in [1.29, 1.82) is 0 Å². The summed E-state index contributed by atoms with van der Waals surface area (Å²) in [6.45, 7) is 0.269. The van der Waals surface area contributed by atoms with Crippen LogP contribution in [0, 0.1) is 10.1 Å². The van der Waals surface area contributed by atoms with E-state index in [4.69, 9.17) is 16.3 Å². The molecule has 160 valence electrons. The number of nitrogens with zero attached hydrogens (tertiary/aromatic N) is 2. The summed E-state index contributed by atoms with van der Waals surface area (Å²) in [5, 5.41) is 14.6. The molecule has 0 aromatic heterocycles. The molecule has 3 aromatic carbocycles. The molecule has 1 saturated heterocycles. The number of halogens is 1. The van der Waals surface area contributed by atoms with E-state index < -0.39 is 4.92 Å². The van der Waals surface area contributed by atoms with Gasteiger partial charge in [-0.1, -0.05) is 23.7 Å². The number of hydrogen-bond acceptors (Lipinski definition) is 6. The number of carbonyl (C=O) groups is 1. The fourth-order valence-electron chi connectivity index (χ4n) is 2.84. The summed E-state index contributed by atoms with van der Waals surface area (Å²) >= 11 is 7.14. The SMILES string of the molecule is O=C1NC(=Nc2ccc(Cl)cc2)S/C1=C\c1cccc(OCc2ccc([N+](=O)[O-])cc2)c1. The summed E-state index contributed by atoms with van der Waals surface area (Å²) < 4.78 is 5.79. The van der Waals surface area contributed by atoms with E-state index in [1.54, 1.807) is 42.5 Å². The highest BCUT2D eigenvalue weighted by Gasteiger charge is 2.23. The lowest BCUT2D eigenvalue weighted by atomic mass is 10.2. The highest BCUT2D eigenvalue weighted by atomic mass is 35.5. The zero-order valence-corrected chi connectivity index (χ0v) is 18.1. The highest BCUT2D eigenvalue weighted by Crippen LogP contribution is 2.29. The van der Waals surface area contributed by atoms with E-state index in [1.807, 2.05) is 24.3 Å². The maximum atomic E-state index is 12.3. The lowest BCUT2D eigenvalue weighted by Gasteiger charge is -2.07. The standard InChI is InChI=1S/C23H16ClN3O4S/c24-17-6-8-18(9-7-17)25-23-26-22(28)21(32-23)13-16-2-1-3-20(12-16)31-14-15-4-10-19(11-5-15)27(29)30/h1-13H,14H2,(H,25,26,28)/b21-13-. The number of thioether (sulfide) groups is 1. The fraction of sp³-hybridized carbons (Fsp3) is 0.0435. The molecule has 0 atom stereocenters. The Hall–Kier alpha value is -3.62. The number of aliphatic imine (C=N–C) groups is 1. The van der Waals surface area contributed by atoms with Crippen LogP contribution in [0.2, 0.25) is 5.02 Å². The van der Waals surface area contributed by atoms with E-state index in [1.165, 1.54) is 23.9 Å². The van der Waals surface area contributed by atoms with Gasteiger partial charge in [-0.2, -0.15) is 0 Å². The van der Waals surface area contributed by atoms with Crippen molar-refractivity contribution in [1.82, 2.24) is 5.32 Å². The van der Waals surface area contributed by atoms with E-state index in [0.29, 0.717) is 26.5 Å². The van der Waals surface area contributed by atoms with Crippen molar-refractivity contribution in [3.8, 4) is 5.75 Å². The minimum absolute atomic E-state index is 0.0358. The summed E-state index contributed by atoms with van der Waals surface area (Å²) in [6, 6.07) is 20.6. The molecule has 0 spiro atoms. The molecule has 4 rings (SSSR count). The van der Waals surface area contributed by atoms with Gasteiger partial charge in [-0.3, -0.25) is 14.9 Å². The number of amidine groups is 1. The van der Waals surface area contributed by atoms with Crippen molar-refractivity contribution in [2.24, 2.45) is 4.99 Å². The zero-order valence-electron chi connectivity index (χ0n) is 16.5. The van der Waals surface area contributed by atoms with E-state index in [9.17, 15) is 14.9 Å². The van der Waals surface area contributed by atoms with Crippen LogP contribution >= 0.6 is 23.4 Å². The average molecular weight is 466 g/mol. The molecular weight excluding hydrogens is 450 g/mol. The second kappa shape index (κ2) is 9.67. The molecule has 0 saturated carbocycles. The molecule has 0 bridgehead atoms. The molecular formula is C23H16ClN3O4S. The van der Waals surface area contributed by atoms with E-state index >= 15 is 0 Å². The Morgan fingerprint density at radius 3 is 2.56 bits per heavy atom. The van der Waals surface area contributed by atoms with Gasteiger partial charge < -0.3 is 10.1 Å². The van der Waals surface area contributed by atoms with Gasteiger partial charge in [0, 0.05) is 17.2 Å². The van der Waals surface area contributed by atoms with Crippen LogP contribution in [0.4, 0.5) is 11.4 Å². The summed E-state index contributed by atoms with van der Waals surface area (Å²) in [6.07, 6.45) is 1.77. The number of hydrogen-bond donors (Lipinski definition) is 1. The van der Waals surface area contributed by atoms with Crippen molar-refractivity contribution < 1.29 is 14.5 Å². The first kappa shape index (κ1) is 21.6. The maximum absolute atomic E-state index is 12.3. The first-order chi connectivity index (χ1) is 15.5. The Morgan fingerprint density at radius 2 is 1.84 bits per heavy atom. The van der Waals surface area contributed by atoms with Crippen LogP contribution in [-0.2, 0) is 11.4 Å². The Bertz CT molecular complexity index is 1220. The molecule has 32 heavy (non-hydrogen) atoms. The van der Waals surface area contributed by atoms with Gasteiger partial charge in [0.15, 0.2) is 5.17 Å². The number of nitro groups is 1. The number of nitrogens with one attached hydrogen (secondary N) is 1. The largest absolute Gasteiger partial charge is 0.489 e. The third-order valence-electron chi connectivity index (χ3n) is 4.42. The van der Waals surface area contributed by atoms with Crippen molar-refractivity contribution in [2.75, 3.05) is 0 Å². The van der Waals surface area contributed by atoms with Crippen LogP contribution < -0.4 is 10.1 Å². The third-order valence-corrected chi connectivity index (χ3v) is 5.58. The van der Waals surface area contributed by atoms with Crippen LogP contribution in [0.1, 0.15) is 11.1 Å². The third kappa shape index (κ3) is 5.54. The van der Waals surface area contributed by atoms with Crippen molar-refractivity contribution in [3.05, 3.63) is 104 Å². The number of amides is 1. The fourth-order valence-corrected chi connectivity index (χ4v) is 3.81. The van der Waals surface area contributed by atoms with E-state index in [0.717, 1.165) is 11.1 Å². The summed E-state index contributed by atoms with van der Waals surface area (Å²) in [5.74, 6) is 0.399. The van der Waals surface area contributed by atoms with Gasteiger partial charge in [-0.05, 0) is 77.5 Å². The summed E-state index contributed by atoms with van der Waals surface area (Å²) in [7, 11) is 0. The van der Waals surface area contributed by atoms with Gasteiger partial charge in [0.1, 0.15) is 12.4 Å². The molecule has 3 aromatic rings. The Kier molecular flexibility index (Phi) is 6.53. The predicted molar refractivity (Wildman–Crippen MR) is 126 cm³/mol. The zero-order chi connectivity index (χ0) is 22.5. The lowest BCUT2D eigenvalue weighted by Crippen LogP contribution is -2.19. The molecule has 1 N–H and O–H groups in total. The number of benzene rings is 3. The Balaban J connectivity index is 1.43. The molecule has 9 heteroatoms.